The lowest BCUT2D eigenvalue weighted by molar-refractivity contribution is -0.121. The Morgan fingerprint density at radius 1 is 1.22 bits per heavy atom. The molecule has 2 aromatic carbocycles. The van der Waals surface area contributed by atoms with Crippen molar-refractivity contribution < 1.29 is 14.3 Å². The molecule has 1 aliphatic rings. The number of anilines is 1. The van der Waals surface area contributed by atoms with Crippen LogP contribution in [0.1, 0.15) is 28.8 Å². The molecular formula is C21H23ClN2O3. The third kappa shape index (κ3) is 4.61. The van der Waals surface area contributed by atoms with Crippen LogP contribution in [0.25, 0.3) is 0 Å². The van der Waals surface area contributed by atoms with Crippen LogP contribution in [-0.4, -0.2) is 36.9 Å². The second-order valence-electron chi connectivity index (χ2n) is 6.79. The second kappa shape index (κ2) is 8.44. The molecule has 0 unspecified atom stereocenters. The first-order valence-electron chi connectivity index (χ1n) is 8.98. The smallest absolute Gasteiger partial charge is 0.253 e. The van der Waals surface area contributed by atoms with Gasteiger partial charge in [-0.25, -0.2) is 0 Å². The number of amides is 2. The number of halogens is 1. The molecule has 0 aromatic heterocycles. The minimum Gasteiger partial charge on any atom is -0.495 e. The van der Waals surface area contributed by atoms with Crippen molar-refractivity contribution in [2.45, 2.75) is 19.8 Å². The third-order valence-electron chi connectivity index (χ3n) is 4.76. The van der Waals surface area contributed by atoms with E-state index in [9.17, 15) is 9.59 Å². The van der Waals surface area contributed by atoms with Crippen molar-refractivity contribution in [1.29, 1.82) is 0 Å². The molecular weight excluding hydrogens is 364 g/mol. The van der Waals surface area contributed by atoms with Gasteiger partial charge in [0.15, 0.2) is 0 Å². The van der Waals surface area contributed by atoms with Crippen molar-refractivity contribution in [3.05, 3.63) is 58.6 Å². The number of rotatable bonds is 4. The average Bonchev–Trinajstić information content (AvgIpc) is 2.67. The Morgan fingerprint density at radius 2 is 2.04 bits per heavy atom. The molecule has 0 bridgehead atoms. The Hall–Kier alpha value is -2.53. The number of hydrogen-bond acceptors (Lipinski definition) is 3. The van der Waals surface area contributed by atoms with E-state index >= 15 is 0 Å². The Kier molecular flexibility index (Phi) is 6.01. The van der Waals surface area contributed by atoms with Gasteiger partial charge < -0.3 is 15.0 Å². The normalized spacial score (nSPS) is 16.7. The van der Waals surface area contributed by atoms with E-state index < -0.39 is 0 Å². The zero-order valence-electron chi connectivity index (χ0n) is 15.5. The lowest BCUT2D eigenvalue weighted by Gasteiger charge is -2.32. The number of likely N-dealkylation sites (tertiary alicyclic amines) is 1. The molecule has 0 aliphatic carbocycles. The molecule has 6 heteroatoms. The maximum absolute atomic E-state index is 12.8. The number of aryl methyl sites for hydroxylation is 1. The summed E-state index contributed by atoms with van der Waals surface area (Å²) < 4.78 is 5.33. The van der Waals surface area contributed by atoms with Gasteiger partial charge in [-0.2, -0.15) is 0 Å². The Balaban J connectivity index is 1.70. The summed E-state index contributed by atoms with van der Waals surface area (Å²) in [7, 11) is 1.58. The topological polar surface area (TPSA) is 58.6 Å². The first-order chi connectivity index (χ1) is 13.0. The molecule has 1 N–H and O–H groups in total. The minimum absolute atomic E-state index is 0.0943. The molecule has 1 aliphatic heterocycles. The summed E-state index contributed by atoms with van der Waals surface area (Å²) in [6.45, 7) is 3.00. The molecule has 1 atom stereocenters. The van der Waals surface area contributed by atoms with Crippen molar-refractivity contribution in [2.75, 3.05) is 25.5 Å². The zero-order valence-corrected chi connectivity index (χ0v) is 16.3. The lowest BCUT2D eigenvalue weighted by atomic mass is 9.96. The first kappa shape index (κ1) is 19.2. The summed E-state index contributed by atoms with van der Waals surface area (Å²) in [5.74, 6) is 0.175. The molecule has 1 fully saturated rings. The summed E-state index contributed by atoms with van der Waals surface area (Å²) in [5, 5.41) is 3.48. The van der Waals surface area contributed by atoms with Crippen LogP contribution >= 0.6 is 11.6 Å². The molecule has 1 saturated heterocycles. The van der Waals surface area contributed by atoms with Gasteiger partial charge in [0, 0.05) is 23.7 Å². The highest BCUT2D eigenvalue weighted by atomic mass is 35.5. The maximum atomic E-state index is 12.8. The quantitative estimate of drug-likeness (QED) is 0.858. The summed E-state index contributed by atoms with van der Waals surface area (Å²) in [4.78, 5) is 27.2. The first-order valence-corrected chi connectivity index (χ1v) is 9.36. The number of benzene rings is 2. The van der Waals surface area contributed by atoms with E-state index in [-0.39, 0.29) is 17.7 Å². The fraction of sp³-hybridized carbons (Fsp3) is 0.333. The number of carbonyl (C=O) groups excluding carboxylic acids is 2. The standard InChI is InChI=1S/C21H23ClN2O3/c1-14-8-9-19(27-2)18(11-14)23-20(25)16-6-4-10-24(13-16)21(26)15-5-3-7-17(22)12-15/h3,5,7-9,11-12,16H,4,6,10,13H2,1-2H3,(H,23,25)/t16-/m1/s1. The van der Waals surface area contributed by atoms with E-state index in [2.05, 4.69) is 5.32 Å². The van der Waals surface area contributed by atoms with Gasteiger partial charge in [0.1, 0.15) is 5.75 Å². The van der Waals surface area contributed by atoms with Gasteiger partial charge in [0.25, 0.3) is 5.91 Å². The SMILES string of the molecule is COc1ccc(C)cc1NC(=O)[C@@H]1CCCN(C(=O)c2cccc(Cl)c2)C1. The Bertz CT molecular complexity index is 853. The average molecular weight is 387 g/mol. The summed E-state index contributed by atoms with van der Waals surface area (Å²) in [6.07, 6.45) is 1.54. The summed E-state index contributed by atoms with van der Waals surface area (Å²) >= 11 is 5.99. The monoisotopic (exact) mass is 386 g/mol. The number of piperidine rings is 1. The molecule has 1 heterocycles. The van der Waals surface area contributed by atoms with Crippen molar-refractivity contribution in [3.63, 3.8) is 0 Å². The van der Waals surface area contributed by atoms with Gasteiger partial charge in [0.05, 0.1) is 18.7 Å². The largest absolute Gasteiger partial charge is 0.495 e. The van der Waals surface area contributed by atoms with Crippen LogP contribution in [0.3, 0.4) is 0 Å². The number of carbonyl (C=O) groups is 2. The van der Waals surface area contributed by atoms with Crippen LogP contribution < -0.4 is 10.1 Å². The maximum Gasteiger partial charge on any atom is 0.253 e. The molecule has 2 aromatic rings. The highest BCUT2D eigenvalue weighted by Gasteiger charge is 2.29. The van der Waals surface area contributed by atoms with Gasteiger partial charge >= 0.3 is 0 Å². The summed E-state index contributed by atoms with van der Waals surface area (Å²) in [5.41, 5.74) is 2.23. The fourth-order valence-corrected chi connectivity index (χ4v) is 3.52. The molecule has 5 nitrogen and oxygen atoms in total. The van der Waals surface area contributed by atoms with Crippen LogP contribution in [0, 0.1) is 12.8 Å². The third-order valence-corrected chi connectivity index (χ3v) is 5.00. The molecule has 2 amide bonds. The Morgan fingerprint density at radius 3 is 2.78 bits per heavy atom. The number of ether oxygens (including phenoxy) is 1. The number of methoxy groups -OCH3 is 1. The fourth-order valence-electron chi connectivity index (χ4n) is 3.33. The van der Waals surface area contributed by atoms with Crippen LogP contribution in [0.2, 0.25) is 5.02 Å². The number of hydrogen-bond donors (Lipinski definition) is 1. The minimum atomic E-state index is -0.257. The second-order valence-corrected chi connectivity index (χ2v) is 7.23. The van der Waals surface area contributed by atoms with Crippen molar-refractivity contribution in [1.82, 2.24) is 4.90 Å². The van der Waals surface area contributed by atoms with E-state index in [1.807, 2.05) is 25.1 Å². The predicted octanol–water partition coefficient (Wildman–Crippen LogP) is 4.15. The molecule has 0 spiro atoms. The molecule has 27 heavy (non-hydrogen) atoms. The van der Waals surface area contributed by atoms with Crippen LogP contribution in [0.5, 0.6) is 5.75 Å². The number of nitrogens with one attached hydrogen (secondary N) is 1. The van der Waals surface area contributed by atoms with E-state index in [1.54, 1.807) is 36.3 Å². The van der Waals surface area contributed by atoms with Gasteiger partial charge in [-0.1, -0.05) is 23.7 Å². The van der Waals surface area contributed by atoms with Crippen LogP contribution in [-0.2, 0) is 4.79 Å². The lowest BCUT2D eigenvalue weighted by Crippen LogP contribution is -2.43. The van der Waals surface area contributed by atoms with Crippen molar-refractivity contribution >= 4 is 29.1 Å². The van der Waals surface area contributed by atoms with Crippen molar-refractivity contribution in [3.8, 4) is 5.75 Å². The van der Waals surface area contributed by atoms with Crippen molar-refractivity contribution in [2.24, 2.45) is 5.92 Å². The molecule has 142 valence electrons. The molecule has 0 radical (unpaired) electrons. The van der Waals surface area contributed by atoms with Gasteiger partial charge in [0.2, 0.25) is 5.91 Å². The summed E-state index contributed by atoms with van der Waals surface area (Å²) in [6, 6.07) is 12.5. The van der Waals surface area contributed by atoms with E-state index in [0.29, 0.717) is 35.1 Å². The van der Waals surface area contributed by atoms with E-state index in [4.69, 9.17) is 16.3 Å². The number of nitrogens with zero attached hydrogens (tertiary/aromatic N) is 1. The van der Waals surface area contributed by atoms with Gasteiger partial charge in [-0.3, -0.25) is 9.59 Å². The Labute approximate surface area is 164 Å². The van der Waals surface area contributed by atoms with Gasteiger partial charge in [-0.05, 0) is 55.7 Å². The highest BCUT2D eigenvalue weighted by Crippen LogP contribution is 2.27. The highest BCUT2D eigenvalue weighted by molar-refractivity contribution is 6.30. The van der Waals surface area contributed by atoms with E-state index in [1.165, 1.54) is 0 Å². The van der Waals surface area contributed by atoms with E-state index in [0.717, 1.165) is 18.4 Å². The molecule has 0 saturated carbocycles. The zero-order chi connectivity index (χ0) is 19.4. The predicted molar refractivity (Wildman–Crippen MR) is 106 cm³/mol. The van der Waals surface area contributed by atoms with Gasteiger partial charge in [-0.15, -0.1) is 0 Å². The molecule has 3 rings (SSSR count). The van der Waals surface area contributed by atoms with Crippen LogP contribution in [0.15, 0.2) is 42.5 Å². The van der Waals surface area contributed by atoms with Crippen LogP contribution in [0.4, 0.5) is 5.69 Å².